The van der Waals surface area contributed by atoms with Crippen molar-refractivity contribution in [1.82, 2.24) is 4.98 Å². The summed E-state index contributed by atoms with van der Waals surface area (Å²) in [6, 6.07) is 8.03. The second kappa shape index (κ2) is 3.87. The van der Waals surface area contributed by atoms with E-state index in [9.17, 15) is 0 Å². The topological polar surface area (TPSA) is 12.9 Å². The molecule has 1 aromatic heterocycles. The van der Waals surface area contributed by atoms with Crippen molar-refractivity contribution in [3.8, 4) is 0 Å². The second-order valence-corrected chi connectivity index (χ2v) is 4.31. The predicted octanol–water partition coefficient (Wildman–Crippen LogP) is 4.21. The Morgan fingerprint density at radius 1 is 1.43 bits per heavy atom. The van der Waals surface area contributed by atoms with E-state index >= 15 is 0 Å². The first kappa shape index (κ1) is 9.94. The van der Waals surface area contributed by atoms with Crippen LogP contribution in [0.3, 0.4) is 0 Å². The van der Waals surface area contributed by atoms with Gasteiger partial charge in [-0.1, -0.05) is 40.5 Å². The zero-order valence-corrected chi connectivity index (χ0v) is 10.1. The highest BCUT2D eigenvalue weighted by Crippen LogP contribution is 2.26. The van der Waals surface area contributed by atoms with Crippen molar-refractivity contribution in [1.29, 1.82) is 0 Å². The summed E-state index contributed by atoms with van der Waals surface area (Å²) in [6.07, 6.45) is 0.906. The van der Waals surface area contributed by atoms with E-state index in [2.05, 4.69) is 33.9 Å². The SMILES string of the molecule is CCc1cc2c(Br)cccc2nc1Cl. The van der Waals surface area contributed by atoms with E-state index < -0.39 is 0 Å². The summed E-state index contributed by atoms with van der Waals surface area (Å²) in [6.45, 7) is 2.07. The smallest absolute Gasteiger partial charge is 0.132 e. The van der Waals surface area contributed by atoms with E-state index in [4.69, 9.17) is 11.6 Å². The van der Waals surface area contributed by atoms with Gasteiger partial charge >= 0.3 is 0 Å². The number of pyridine rings is 1. The van der Waals surface area contributed by atoms with E-state index in [1.54, 1.807) is 0 Å². The fourth-order valence-corrected chi connectivity index (χ4v) is 2.17. The van der Waals surface area contributed by atoms with Gasteiger partial charge in [-0.05, 0) is 30.2 Å². The maximum atomic E-state index is 6.03. The van der Waals surface area contributed by atoms with E-state index in [0.717, 1.165) is 27.4 Å². The Balaban J connectivity index is 2.80. The van der Waals surface area contributed by atoms with Crippen molar-refractivity contribution < 1.29 is 0 Å². The predicted molar refractivity (Wildman–Crippen MR) is 63.8 cm³/mol. The molecule has 0 fully saturated rings. The molecular weight excluding hydrogens is 261 g/mol. The Morgan fingerprint density at radius 2 is 2.21 bits per heavy atom. The summed E-state index contributed by atoms with van der Waals surface area (Å²) in [5, 5.41) is 1.73. The van der Waals surface area contributed by atoms with Gasteiger partial charge in [-0.2, -0.15) is 0 Å². The molecule has 0 saturated heterocycles. The van der Waals surface area contributed by atoms with Crippen molar-refractivity contribution in [3.63, 3.8) is 0 Å². The van der Waals surface area contributed by atoms with Crippen LogP contribution in [0.5, 0.6) is 0 Å². The molecule has 3 heteroatoms. The fourth-order valence-electron chi connectivity index (χ4n) is 1.43. The lowest BCUT2D eigenvalue weighted by Crippen LogP contribution is -1.88. The summed E-state index contributed by atoms with van der Waals surface area (Å²) in [4.78, 5) is 4.34. The highest BCUT2D eigenvalue weighted by Gasteiger charge is 2.04. The summed E-state index contributed by atoms with van der Waals surface area (Å²) >= 11 is 9.53. The van der Waals surface area contributed by atoms with Crippen LogP contribution < -0.4 is 0 Å². The maximum Gasteiger partial charge on any atom is 0.132 e. The minimum Gasteiger partial charge on any atom is -0.236 e. The van der Waals surface area contributed by atoms with E-state index in [1.807, 2.05) is 18.2 Å². The third kappa shape index (κ3) is 1.64. The first-order chi connectivity index (χ1) is 6.72. The molecule has 2 rings (SSSR count). The molecule has 0 bridgehead atoms. The molecule has 0 unspecified atom stereocenters. The van der Waals surface area contributed by atoms with Gasteiger partial charge in [0.15, 0.2) is 0 Å². The molecule has 2 aromatic rings. The number of hydrogen-bond donors (Lipinski definition) is 0. The molecule has 0 radical (unpaired) electrons. The summed E-state index contributed by atoms with van der Waals surface area (Å²) < 4.78 is 1.06. The van der Waals surface area contributed by atoms with Crippen LogP contribution in [0.4, 0.5) is 0 Å². The van der Waals surface area contributed by atoms with Gasteiger partial charge in [-0.15, -0.1) is 0 Å². The Bertz CT molecular complexity index is 482. The van der Waals surface area contributed by atoms with Gasteiger partial charge in [0.1, 0.15) is 5.15 Å². The molecule has 1 heterocycles. The Labute approximate surface area is 96.2 Å². The van der Waals surface area contributed by atoms with Gasteiger partial charge in [-0.25, -0.2) is 4.98 Å². The highest BCUT2D eigenvalue weighted by molar-refractivity contribution is 9.10. The lowest BCUT2D eigenvalue weighted by atomic mass is 10.1. The summed E-state index contributed by atoms with van der Waals surface area (Å²) in [7, 11) is 0. The van der Waals surface area contributed by atoms with E-state index in [1.165, 1.54) is 0 Å². The normalized spacial score (nSPS) is 10.8. The van der Waals surface area contributed by atoms with E-state index in [-0.39, 0.29) is 0 Å². The first-order valence-electron chi connectivity index (χ1n) is 4.46. The van der Waals surface area contributed by atoms with Crippen LogP contribution in [0.25, 0.3) is 10.9 Å². The molecule has 0 aliphatic carbocycles. The lowest BCUT2D eigenvalue weighted by Gasteiger charge is -2.04. The molecule has 1 nitrogen and oxygen atoms in total. The largest absolute Gasteiger partial charge is 0.236 e. The van der Waals surface area contributed by atoms with Crippen molar-refractivity contribution >= 4 is 38.4 Å². The Kier molecular flexibility index (Phi) is 2.75. The van der Waals surface area contributed by atoms with Gasteiger partial charge in [0.25, 0.3) is 0 Å². The minimum absolute atomic E-state index is 0.609. The Hall–Kier alpha value is -0.600. The van der Waals surface area contributed by atoms with Gasteiger partial charge in [-0.3, -0.25) is 0 Å². The molecule has 0 atom stereocenters. The average molecular weight is 271 g/mol. The number of halogens is 2. The van der Waals surface area contributed by atoms with Crippen molar-refractivity contribution in [2.45, 2.75) is 13.3 Å². The summed E-state index contributed by atoms with van der Waals surface area (Å²) in [5.41, 5.74) is 2.02. The number of aryl methyl sites for hydroxylation is 1. The van der Waals surface area contributed by atoms with Crippen LogP contribution in [0.1, 0.15) is 12.5 Å². The molecule has 0 spiro atoms. The van der Waals surface area contributed by atoms with Gasteiger partial charge in [0.2, 0.25) is 0 Å². The monoisotopic (exact) mass is 269 g/mol. The van der Waals surface area contributed by atoms with Crippen molar-refractivity contribution in [2.75, 3.05) is 0 Å². The minimum atomic E-state index is 0.609. The van der Waals surface area contributed by atoms with Crippen LogP contribution in [0.2, 0.25) is 5.15 Å². The fraction of sp³-hybridized carbons (Fsp3) is 0.182. The third-order valence-electron chi connectivity index (χ3n) is 2.21. The molecule has 0 N–H and O–H groups in total. The van der Waals surface area contributed by atoms with Gasteiger partial charge in [0, 0.05) is 9.86 Å². The Morgan fingerprint density at radius 3 is 2.93 bits per heavy atom. The van der Waals surface area contributed by atoms with Crippen LogP contribution in [0, 0.1) is 0 Å². The molecule has 0 amide bonds. The van der Waals surface area contributed by atoms with E-state index in [0.29, 0.717) is 5.15 Å². The zero-order chi connectivity index (χ0) is 10.1. The molecule has 72 valence electrons. The van der Waals surface area contributed by atoms with Crippen LogP contribution >= 0.6 is 27.5 Å². The number of rotatable bonds is 1. The van der Waals surface area contributed by atoms with Crippen LogP contribution in [0.15, 0.2) is 28.7 Å². The van der Waals surface area contributed by atoms with Crippen molar-refractivity contribution in [2.24, 2.45) is 0 Å². The molecule has 1 aromatic carbocycles. The number of nitrogens with zero attached hydrogens (tertiary/aromatic N) is 1. The molecule has 0 aliphatic rings. The maximum absolute atomic E-state index is 6.03. The standard InChI is InChI=1S/C11H9BrClN/c1-2-7-6-8-9(12)4-3-5-10(8)14-11(7)13/h3-6H,2H2,1H3. The summed E-state index contributed by atoms with van der Waals surface area (Å²) in [5.74, 6) is 0. The lowest BCUT2D eigenvalue weighted by molar-refractivity contribution is 1.12. The average Bonchev–Trinajstić information content (AvgIpc) is 2.17. The first-order valence-corrected chi connectivity index (χ1v) is 5.63. The third-order valence-corrected chi connectivity index (χ3v) is 3.23. The molecule has 0 aliphatic heterocycles. The number of benzene rings is 1. The second-order valence-electron chi connectivity index (χ2n) is 3.10. The van der Waals surface area contributed by atoms with Crippen molar-refractivity contribution in [3.05, 3.63) is 39.5 Å². The molecular formula is C11H9BrClN. The number of aromatic nitrogens is 1. The van der Waals surface area contributed by atoms with Crippen LogP contribution in [-0.4, -0.2) is 4.98 Å². The zero-order valence-electron chi connectivity index (χ0n) is 7.72. The van der Waals surface area contributed by atoms with Crippen LogP contribution in [-0.2, 0) is 6.42 Å². The molecule has 14 heavy (non-hydrogen) atoms. The van der Waals surface area contributed by atoms with Gasteiger partial charge in [0.05, 0.1) is 5.52 Å². The quantitative estimate of drug-likeness (QED) is 0.707. The number of fused-ring (bicyclic) bond motifs is 1. The van der Waals surface area contributed by atoms with Gasteiger partial charge < -0.3 is 0 Å². The number of hydrogen-bond acceptors (Lipinski definition) is 1. The molecule has 0 saturated carbocycles. The highest BCUT2D eigenvalue weighted by atomic mass is 79.9.